The number of amides is 1. The average Bonchev–Trinajstić information content (AvgIpc) is 3.69. The first kappa shape index (κ1) is 39.9. The summed E-state index contributed by atoms with van der Waals surface area (Å²) < 4.78 is 16.9. The van der Waals surface area contributed by atoms with E-state index in [1.807, 2.05) is 42.5 Å². The fourth-order valence-corrected chi connectivity index (χ4v) is 9.47. The Morgan fingerprint density at radius 1 is 0.841 bits per heavy atom. The molecule has 1 aliphatic rings. The first-order chi connectivity index (χ1) is 30.8. The van der Waals surface area contributed by atoms with Crippen LogP contribution in [0.3, 0.4) is 0 Å². The number of aromatic nitrogens is 2. The van der Waals surface area contributed by atoms with E-state index in [2.05, 4.69) is 93.9 Å². The molecule has 0 bridgehead atoms. The van der Waals surface area contributed by atoms with Crippen molar-refractivity contribution in [3.05, 3.63) is 143 Å². The molecule has 11 nitrogen and oxygen atoms in total. The molecule has 1 aliphatic heterocycles. The molecule has 8 aromatic carbocycles. The summed E-state index contributed by atoms with van der Waals surface area (Å²) in [6.07, 6.45) is 0.843. The van der Waals surface area contributed by atoms with Crippen LogP contribution in [0.5, 0.6) is 0 Å². The fourth-order valence-electron chi connectivity index (χ4n) is 9.47. The number of H-pyrrole nitrogens is 1. The average molecular weight is 834 g/mol. The first-order valence-corrected chi connectivity index (χ1v) is 21.0. The van der Waals surface area contributed by atoms with E-state index in [1.165, 1.54) is 6.33 Å². The van der Waals surface area contributed by atoms with Crippen LogP contribution in [0.25, 0.3) is 64.6 Å². The number of hydrogen-bond donors (Lipinski definition) is 3. The van der Waals surface area contributed by atoms with Gasteiger partial charge in [-0.05, 0) is 88.3 Å². The minimum atomic E-state index is -0.540. The van der Waals surface area contributed by atoms with Crippen molar-refractivity contribution >= 4 is 87.9 Å². The van der Waals surface area contributed by atoms with Gasteiger partial charge in [-0.25, -0.2) is 4.98 Å². The van der Waals surface area contributed by atoms with Crippen LogP contribution >= 0.6 is 0 Å². The van der Waals surface area contributed by atoms with Gasteiger partial charge in [0.15, 0.2) is 5.78 Å². The minimum Gasteiger partial charge on any atom is -0.382 e. The molecule has 1 saturated heterocycles. The molecule has 1 fully saturated rings. The standard InChI is InChI=1S/C52H43N5O6/c1-61-28-43-42(62-2)26-44(63-43)56-51-50(52(60)55-29-54-51)40(53)17-3-4-22-57(27-41(58)39-24-35-14-6-10-31-19-21-33-12-8-16-38(39)49(33)47(31)35)45(59)25-36-23-34-13-5-9-30-18-20-32-11-7-15-37(36)48(32)46(30)34/h5-16,18-21,23-24,29,42-44,53H,4,22,25-28H2,1-2H3,(H2,54,55,56,60)/t42?,43-,44-/m1/s1. The van der Waals surface area contributed by atoms with Gasteiger partial charge >= 0.3 is 0 Å². The van der Waals surface area contributed by atoms with Crippen LogP contribution in [0.2, 0.25) is 0 Å². The number of Topliss-reactive ketones (excluding diaryl/α,β-unsaturated/α-hetero) is 1. The SMILES string of the molecule is COC[C@H]1O[C@@H](Nc2nc[nH]c(=O)c2C(=N)C#CCCN(CC(=O)c2cc3cccc4ccc5cccc2c5c43)C(=O)Cc2cc3cccc4ccc5cccc2c5c43)CC1OC. The second kappa shape index (κ2) is 16.6. The van der Waals surface area contributed by atoms with Gasteiger partial charge in [0, 0.05) is 39.2 Å². The van der Waals surface area contributed by atoms with Crippen molar-refractivity contribution in [2.75, 3.05) is 39.2 Å². The number of methoxy groups -OCH3 is 2. The summed E-state index contributed by atoms with van der Waals surface area (Å²) in [6, 6.07) is 36.9. The third-order valence-corrected chi connectivity index (χ3v) is 12.4. The van der Waals surface area contributed by atoms with Crippen molar-refractivity contribution in [1.29, 1.82) is 5.41 Å². The lowest BCUT2D eigenvalue weighted by Gasteiger charge is -2.23. The van der Waals surface area contributed by atoms with Crippen molar-refractivity contribution in [3.8, 4) is 11.8 Å². The van der Waals surface area contributed by atoms with Crippen LogP contribution < -0.4 is 10.9 Å². The van der Waals surface area contributed by atoms with Gasteiger partial charge in [0.1, 0.15) is 29.4 Å². The third kappa shape index (κ3) is 7.28. The highest BCUT2D eigenvalue weighted by Gasteiger charge is 2.36. The summed E-state index contributed by atoms with van der Waals surface area (Å²) in [5.74, 6) is 5.58. The number of ether oxygens (including phenoxy) is 3. The zero-order chi connectivity index (χ0) is 43.2. The predicted molar refractivity (Wildman–Crippen MR) is 249 cm³/mol. The predicted octanol–water partition coefficient (Wildman–Crippen LogP) is 8.47. The maximum atomic E-state index is 14.7. The molecule has 0 saturated carbocycles. The Balaban J connectivity index is 0.956. The van der Waals surface area contributed by atoms with Crippen LogP contribution in [-0.2, 0) is 25.4 Å². The van der Waals surface area contributed by atoms with Crippen LogP contribution in [0.4, 0.5) is 5.82 Å². The second-order valence-electron chi connectivity index (χ2n) is 16.1. The zero-order valence-electron chi connectivity index (χ0n) is 34.8. The number of ketones is 1. The highest BCUT2D eigenvalue weighted by Crippen LogP contribution is 2.38. The van der Waals surface area contributed by atoms with E-state index in [0.717, 1.165) is 70.2 Å². The largest absolute Gasteiger partial charge is 0.382 e. The number of anilines is 1. The molecule has 1 aromatic heterocycles. The molecule has 1 unspecified atom stereocenters. The van der Waals surface area contributed by atoms with Gasteiger partial charge in [-0.15, -0.1) is 0 Å². The molecule has 9 aromatic rings. The van der Waals surface area contributed by atoms with E-state index in [9.17, 15) is 14.4 Å². The molecule has 10 rings (SSSR count). The van der Waals surface area contributed by atoms with Crippen LogP contribution in [0, 0.1) is 17.3 Å². The monoisotopic (exact) mass is 833 g/mol. The van der Waals surface area contributed by atoms with Gasteiger partial charge in [-0.2, -0.15) is 0 Å². The Kier molecular flexibility index (Phi) is 10.5. The molecule has 0 spiro atoms. The van der Waals surface area contributed by atoms with E-state index in [4.69, 9.17) is 19.6 Å². The second-order valence-corrected chi connectivity index (χ2v) is 16.1. The van der Waals surface area contributed by atoms with Gasteiger partial charge < -0.3 is 29.4 Å². The van der Waals surface area contributed by atoms with Crippen molar-refractivity contribution in [2.45, 2.75) is 37.7 Å². The van der Waals surface area contributed by atoms with E-state index in [1.54, 1.807) is 19.1 Å². The van der Waals surface area contributed by atoms with E-state index in [0.29, 0.717) is 18.6 Å². The molecule has 11 heteroatoms. The smallest absolute Gasteiger partial charge is 0.262 e. The lowest BCUT2D eigenvalue weighted by atomic mass is 9.89. The molecule has 63 heavy (non-hydrogen) atoms. The van der Waals surface area contributed by atoms with Crippen molar-refractivity contribution in [3.63, 3.8) is 0 Å². The molecule has 1 amide bonds. The molecular formula is C52H43N5O6. The van der Waals surface area contributed by atoms with Crippen molar-refractivity contribution in [2.24, 2.45) is 0 Å². The van der Waals surface area contributed by atoms with Crippen molar-refractivity contribution < 1.29 is 23.8 Å². The number of aromatic amines is 1. The number of nitrogens with zero attached hydrogens (tertiary/aromatic N) is 2. The number of rotatable bonds is 13. The molecule has 0 radical (unpaired) electrons. The number of nitrogens with one attached hydrogen (secondary N) is 3. The quantitative estimate of drug-likeness (QED) is 0.0454. The molecule has 2 heterocycles. The highest BCUT2D eigenvalue weighted by molar-refractivity contribution is 6.28. The van der Waals surface area contributed by atoms with Crippen LogP contribution in [-0.4, -0.2) is 84.6 Å². The summed E-state index contributed by atoms with van der Waals surface area (Å²) in [5.41, 5.74) is 0.592. The minimum absolute atomic E-state index is 0.0386. The van der Waals surface area contributed by atoms with Gasteiger partial charge in [-0.1, -0.05) is 103 Å². The fraction of sp³-hybridized carbons (Fsp3) is 0.212. The highest BCUT2D eigenvalue weighted by atomic mass is 16.6. The van der Waals surface area contributed by atoms with E-state index < -0.39 is 11.8 Å². The Morgan fingerprint density at radius 3 is 2.14 bits per heavy atom. The molecule has 3 N–H and O–H groups in total. The summed E-state index contributed by atoms with van der Waals surface area (Å²) in [7, 11) is 3.19. The summed E-state index contributed by atoms with van der Waals surface area (Å²) in [6.45, 7) is 0.267. The van der Waals surface area contributed by atoms with Crippen molar-refractivity contribution in [1.82, 2.24) is 14.9 Å². The lowest BCUT2D eigenvalue weighted by molar-refractivity contribution is -0.129. The maximum Gasteiger partial charge on any atom is 0.262 e. The molecule has 312 valence electrons. The number of carbonyl (C=O) groups is 2. The number of carbonyl (C=O) groups excluding carboxylic acids is 2. The Bertz CT molecular complexity index is 3370. The van der Waals surface area contributed by atoms with Gasteiger partial charge in [0.25, 0.3) is 5.56 Å². The Hall–Kier alpha value is -7.23. The van der Waals surface area contributed by atoms with E-state index >= 15 is 0 Å². The summed E-state index contributed by atoms with van der Waals surface area (Å²) in [4.78, 5) is 50.9. The summed E-state index contributed by atoms with van der Waals surface area (Å²) >= 11 is 0. The maximum absolute atomic E-state index is 14.7. The summed E-state index contributed by atoms with van der Waals surface area (Å²) in [5, 5.41) is 24.6. The topological polar surface area (TPSA) is 147 Å². The number of benzene rings is 8. The van der Waals surface area contributed by atoms with Gasteiger partial charge in [0.05, 0.1) is 32.0 Å². The molecular weight excluding hydrogens is 791 g/mol. The molecule has 0 aliphatic carbocycles. The Labute approximate surface area is 362 Å². The normalized spacial score (nSPS) is 16.4. The van der Waals surface area contributed by atoms with Crippen LogP contribution in [0.15, 0.2) is 120 Å². The number of hydrogen-bond acceptors (Lipinski definition) is 9. The first-order valence-electron chi connectivity index (χ1n) is 21.0. The van der Waals surface area contributed by atoms with Crippen LogP contribution in [0.1, 0.15) is 34.3 Å². The Morgan fingerprint density at radius 2 is 1.46 bits per heavy atom. The van der Waals surface area contributed by atoms with Gasteiger partial charge in [0.2, 0.25) is 5.91 Å². The zero-order valence-corrected chi connectivity index (χ0v) is 34.8. The van der Waals surface area contributed by atoms with Gasteiger partial charge in [-0.3, -0.25) is 19.8 Å². The lowest BCUT2D eigenvalue weighted by Crippen LogP contribution is -2.37. The molecule has 3 atom stereocenters. The third-order valence-electron chi connectivity index (χ3n) is 12.4. The van der Waals surface area contributed by atoms with E-state index in [-0.39, 0.29) is 66.9 Å².